The summed E-state index contributed by atoms with van der Waals surface area (Å²) in [5.74, 6) is 0.986. The van der Waals surface area contributed by atoms with Gasteiger partial charge in [0.25, 0.3) is 0 Å². The lowest BCUT2D eigenvalue weighted by atomic mass is 9.87. The largest absolute Gasteiger partial charge is 0.396 e. The highest BCUT2D eigenvalue weighted by Crippen LogP contribution is 2.26. The van der Waals surface area contributed by atoms with Crippen molar-refractivity contribution in [2.45, 2.75) is 44.9 Å². The molecule has 14 heavy (non-hydrogen) atoms. The molecule has 0 aromatic heterocycles. The van der Waals surface area contributed by atoms with E-state index in [0.717, 1.165) is 18.9 Å². The van der Waals surface area contributed by atoms with Crippen LogP contribution in [-0.4, -0.2) is 36.8 Å². The first-order chi connectivity index (χ1) is 6.83. The summed E-state index contributed by atoms with van der Waals surface area (Å²) in [5.41, 5.74) is 0. The fraction of sp³-hybridized carbons (Fsp3) is 1.00. The molecule has 1 aliphatic carbocycles. The van der Waals surface area contributed by atoms with Crippen LogP contribution in [0.2, 0.25) is 0 Å². The lowest BCUT2D eigenvalue weighted by Gasteiger charge is -2.24. The molecule has 0 saturated heterocycles. The third-order valence-corrected chi connectivity index (χ3v) is 3.34. The Labute approximate surface area is 88.3 Å². The van der Waals surface area contributed by atoms with Crippen LogP contribution in [0.3, 0.4) is 0 Å². The van der Waals surface area contributed by atoms with E-state index in [1.54, 1.807) is 0 Å². The Morgan fingerprint density at radius 3 is 2.50 bits per heavy atom. The average molecular weight is 199 g/mol. The van der Waals surface area contributed by atoms with E-state index in [-0.39, 0.29) is 0 Å². The highest BCUT2D eigenvalue weighted by molar-refractivity contribution is 4.67. The van der Waals surface area contributed by atoms with Gasteiger partial charge in [0, 0.05) is 13.2 Å². The number of nitrogens with zero attached hydrogens (tertiary/aromatic N) is 1. The highest BCUT2D eigenvalue weighted by atomic mass is 16.3. The van der Waals surface area contributed by atoms with E-state index >= 15 is 0 Å². The second kappa shape index (κ2) is 7.24. The molecule has 0 amide bonds. The summed E-state index contributed by atoms with van der Waals surface area (Å²) in [6.07, 6.45) is 9.54. The Kier molecular flexibility index (Phi) is 6.20. The minimum atomic E-state index is 0.327. The predicted molar refractivity (Wildman–Crippen MR) is 60.4 cm³/mol. The zero-order chi connectivity index (χ0) is 10.2. The second-order valence-electron chi connectivity index (χ2n) is 4.67. The molecule has 2 nitrogen and oxygen atoms in total. The molecule has 0 heterocycles. The van der Waals surface area contributed by atoms with Crippen LogP contribution in [0.25, 0.3) is 0 Å². The summed E-state index contributed by atoms with van der Waals surface area (Å²) in [6, 6.07) is 0. The molecule has 84 valence electrons. The average Bonchev–Trinajstić information content (AvgIpc) is 2.25. The standard InChI is InChI=1S/C12H25NO/c1-13(9-5-11-14)10-8-12-6-3-2-4-7-12/h12,14H,2-11H2,1H3. The fourth-order valence-electron chi connectivity index (χ4n) is 2.33. The van der Waals surface area contributed by atoms with Gasteiger partial charge < -0.3 is 10.0 Å². The summed E-state index contributed by atoms with van der Waals surface area (Å²) in [5, 5.41) is 8.71. The molecule has 1 rings (SSSR count). The van der Waals surface area contributed by atoms with Crippen LogP contribution in [0.1, 0.15) is 44.9 Å². The van der Waals surface area contributed by atoms with Gasteiger partial charge in [0.2, 0.25) is 0 Å². The van der Waals surface area contributed by atoms with Crippen molar-refractivity contribution in [1.29, 1.82) is 0 Å². The van der Waals surface area contributed by atoms with Crippen molar-refractivity contribution < 1.29 is 5.11 Å². The van der Waals surface area contributed by atoms with E-state index in [0.29, 0.717) is 6.61 Å². The SMILES string of the molecule is CN(CCCO)CCC1CCCCC1. The van der Waals surface area contributed by atoms with E-state index in [1.165, 1.54) is 45.1 Å². The molecule has 0 aromatic carbocycles. The summed E-state index contributed by atoms with van der Waals surface area (Å²) >= 11 is 0. The third-order valence-electron chi connectivity index (χ3n) is 3.34. The molecule has 1 aliphatic rings. The zero-order valence-corrected chi connectivity index (χ0v) is 9.54. The molecular weight excluding hydrogens is 174 g/mol. The summed E-state index contributed by atoms with van der Waals surface area (Å²) in [6.45, 7) is 2.58. The maximum absolute atomic E-state index is 8.71. The number of aliphatic hydroxyl groups excluding tert-OH is 1. The van der Waals surface area contributed by atoms with Crippen molar-refractivity contribution in [3.63, 3.8) is 0 Å². The van der Waals surface area contributed by atoms with Gasteiger partial charge in [-0.25, -0.2) is 0 Å². The Hall–Kier alpha value is -0.0800. The first-order valence-corrected chi connectivity index (χ1v) is 6.12. The lowest BCUT2D eigenvalue weighted by molar-refractivity contribution is 0.229. The van der Waals surface area contributed by atoms with Crippen molar-refractivity contribution in [3.05, 3.63) is 0 Å². The first-order valence-electron chi connectivity index (χ1n) is 6.12. The molecule has 1 saturated carbocycles. The van der Waals surface area contributed by atoms with Crippen LogP contribution in [0.15, 0.2) is 0 Å². The van der Waals surface area contributed by atoms with Gasteiger partial charge in [0.05, 0.1) is 0 Å². The molecule has 1 N–H and O–H groups in total. The van der Waals surface area contributed by atoms with Gasteiger partial charge >= 0.3 is 0 Å². The Bertz CT molecular complexity index is 132. The maximum Gasteiger partial charge on any atom is 0.0443 e. The molecule has 0 radical (unpaired) electrons. The topological polar surface area (TPSA) is 23.5 Å². The smallest absolute Gasteiger partial charge is 0.0443 e. The van der Waals surface area contributed by atoms with Crippen LogP contribution in [0, 0.1) is 5.92 Å². The van der Waals surface area contributed by atoms with Gasteiger partial charge in [-0.1, -0.05) is 32.1 Å². The minimum Gasteiger partial charge on any atom is -0.396 e. The Morgan fingerprint density at radius 2 is 1.86 bits per heavy atom. The quantitative estimate of drug-likeness (QED) is 0.709. The van der Waals surface area contributed by atoms with Gasteiger partial charge in [-0.15, -0.1) is 0 Å². The van der Waals surface area contributed by atoms with E-state index in [2.05, 4.69) is 11.9 Å². The molecule has 0 aromatic rings. The molecule has 2 heteroatoms. The molecule has 0 unspecified atom stereocenters. The van der Waals surface area contributed by atoms with Crippen LogP contribution < -0.4 is 0 Å². The zero-order valence-electron chi connectivity index (χ0n) is 9.54. The molecule has 0 bridgehead atoms. The van der Waals surface area contributed by atoms with Crippen LogP contribution in [0.5, 0.6) is 0 Å². The normalized spacial score (nSPS) is 19.1. The molecule has 0 spiro atoms. The number of aliphatic hydroxyl groups is 1. The van der Waals surface area contributed by atoms with Crippen LogP contribution in [0.4, 0.5) is 0 Å². The Balaban J connectivity index is 2.00. The minimum absolute atomic E-state index is 0.327. The lowest BCUT2D eigenvalue weighted by Crippen LogP contribution is -2.24. The van der Waals surface area contributed by atoms with Crippen molar-refractivity contribution in [3.8, 4) is 0 Å². The van der Waals surface area contributed by atoms with E-state index < -0.39 is 0 Å². The monoisotopic (exact) mass is 199 g/mol. The van der Waals surface area contributed by atoms with E-state index in [1.807, 2.05) is 0 Å². The highest BCUT2D eigenvalue weighted by Gasteiger charge is 2.13. The van der Waals surface area contributed by atoms with Crippen molar-refractivity contribution in [2.24, 2.45) is 5.92 Å². The van der Waals surface area contributed by atoms with Crippen molar-refractivity contribution in [1.82, 2.24) is 4.90 Å². The summed E-state index contributed by atoms with van der Waals surface area (Å²) in [7, 11) is 2.17. The Morgan fingerprint density at radius 1 is 1.14 bits per heavy atom. The third kappa shape index (κ3) is 4.97. The van der Waals surface area contributed by atoms with Crippen molar-refractivity contribution in [2.75, 3.05) is 26.7 Å². The summed E-state index contributed by atoms with van der Waals surface area (Å²) in [4.78, 5) is 2.35. The number of hydrogen-bond acceptors (Lipinski definition) is 2. The van der Waals surface area contributed by atoms with Gasteiger partial charge in [-0.2, -0.15) is 0 Å². The van der Waals surface area contributed by atoms with E-state index in [4.69, 9.17) is 5.11 Å². The van der Waals surface area contributed by atoms with Gasteiger partial charge in [-0.3, -0.25) is 0 Å². The fourth-order valence-corrected chi connectivity index (χ4v) is 2.33. The van der Waals surface area contributed by atoms with Crippen LogP contribution >= 0.6 is 0 Å². The predicted octanol–water partition coefficient (Wildman–Crippen LogP) is 2.27. The van der Waals surface area contributed by atoms with Crippen LogP contribution in [-0.2, 0) is 0 Å². The molecular formula is C12H25NO. The number of rotatable bonds is 6. The summed E-state index contributed by atoms with van der Waals surface area (Å²) < 4.78 is 0. The first kappa shape index (κ1) is 12.0. The molecule has 1 fully saturated rings. The molecule has 0 atom stereocenters. The van der Waals surface area contributed by atoms with Gasteiger partial charge in [0.15, 0.2) is 0 Å². The van der Waals surface area contributed by atoms with Crippen molar-refractivity contribution >= 4 is 0 Å². The van der Waals surface area contributed by atoms with Gasteiger partial charge in [0.1, 0.15) is 0 Å². The van der Waals surface area contributed by atoms with Gasteiger partial charge in [-0.05, 0) is 32.4 Å². The number of hydrogen-bond donors (Lipinski definition) is 1. The van der Waals surface area contributed by atoms with E-state index in [9.17, 15) is 0 Å². The second-order valence-corrected chi connectivity index (χ2v) is 4.67. The maximum atomic E-state index is 8.71. The molecule has 0 aliphatic heterocycles.